The van der Waals surface area contributed by atoms with Gasteiger partial charge in [-0.05, 0) is 105 Å². The molecule has 0 fully saturated rings. The molecular weight excluding hydrogens is 681 g/mol. The Morgan fingerprint density at radius 1 is 0.429 bits per heavy atom. The van der Waals surface area contributed by atoms with Gasteiger partial charge in [0.15, 0.2) is 0 Å². The van der Waals surface area contributed by atoms with Gasteiger partial charge in [-0.15, -0.1) is 0 Å². The number of hydrogen-bond acceptors (Lipinski definition) is 3. The van der Waals surface area contributed by atoms with Crippen LogP contribution >= 0.6 is 0 Å². The zero-order valence-electron chi connectivity index (χ0n) is 30.8. The first-order chi connectivity index (χ1) is 27.6. The molecule has 56 heavy (non-hydrogen) atoms. The van der Waals surface area contributed by atoms with E-state index in [1.807, 2.05) is 36.4 Å². The molecule has 7 aromatic rings. The van der Waals surface area contributed by atoms with Gasteiger partial charge >= 0.3 is 0 Å². The highest BCUT2D eigenvalue weighted by atomic mass is 15.2. The van der Waals surface area contributed by atoms with Crippen molar-refractivity contribution in [3.63, 3.8) is 0 Å². The molecular formula is C52H39N4+. The summed E-state index contributed by atoms with van der Waals surface area (Å²) in [6.07, 6.45) is 12.3. The summed E-state index contributed by atoms with van der Waals surface area (Å²) >= 11 is 0. The van der Waals surface area contributed by atoms with Crippen molar-refractivity contribution in [2.24, 2.45) is 0 Å². The number of aromatic nitrogens is 1. The van der Waals surface area contributed by atoms with E-state index in [0.29, 0.717) is 5.71 Å². The lowest BCUT2D eigenvalue weighted by Crippen LogP contribution is -2.28. The molecule has 0 unspecified atom stereocenters. The minimum atomic E-state index is 0.485. The van der Waals surface area contributed by atoms with E-state index in [4.69, 9.17) is 11.1 Å². The molecule has 0 amide bonds. The molecule has 0 radical (unpaired) electrons. The molecule has 0 atom stereocenters. The van der Waals surface area contributed by atoms with Crippen molar-refractivity contribution < 1.29 is 4.24 Å². The quantitative estimate of drug-likeness (QED) is 0.137. The van der Waals surface area contributed by atoms with E-state index >= 15 is 0 Å². The number of nitrogen functional groups attached to an aromatic ring is 1. The molecule has 6 aromatic carbocycles. The first-order valence-corrected chi connectivity index (χ1v) is 18.8. The maximum absolute atomic E-state index is 8.17. The molecule has 0 spiro atoms. The van der Waals surface area contributed by atoms with Crippen molar-refractivity contribution in [3.05, 3.63) is 251 Å². The van der Waals surface area contributed by atoms with Crippen molar-refractivity contribution in [1.29, 1.82) is 5.41 Å². The van der Waals surface area contributed by atoms with Crippen molar-refractivity contribution in [3.8, 4) is 22.5 Å². The van der Waals surface area contributed by atoms with Gasteiger partial charge in [0, 0.05) is 46.8 Å². The van der Waals surface area contributed by atoms with Gasteiger partial charge in [0.2, 0.25) is 17.1 Å². The first kappa shape index (κ1) is 34.2. The Balaban J connectivity index is 1.30. The summed E-state index contributed by atoms with van der Waals surface area (Å²) in [5, 5.41) is 11.5. The standard InChI is InChI=1S/C52H39N4/c53-45-25-29-47(30-26-45)55-49(39-13-5-1-6-14-39)33-43(34-50(55)40-15-7-2-8-16-40)37-21-23-38(24-22-37)44-35-51(41-17-9-3-10-18-41)56(48-31-27-46(54)28-32-48)52(36-44)42-19-11-4-12-20-42/h1-36,53H,54H2/q+1. The molecule has 3 N–H and O–H groups in total. The second kappa shape index (κ2) is 15.1. The number of nitrogens with zero attached hydrogens (tertiary/aromatic N) is 2. The molecule has 0 saturated heterocycles. The predicted molar refractivity (Wildman–Crippen MR) is 231 cm³/mol. The molecule has 2 aliphatic rings. The van der Waals surface area contributed by atoms with Crippen molar-refractivity contribution in [2.45, 2.75) is 0 Å². The number of nitrogens with one attached hydrogen (secondary N) is 1. The van der Waals surface area contributed by atoms with Crippen molar-refractivity contribution in [1.82, 2.24) is 0 Å². The fourth-order valence-electron chi connectivity index (χ4n) is 7.45. The van der Waals surface area contributed by atoms with E-state index in [-0.39, 0.29) is 0 Å². The van der Waals surface area contributed by atoms with Crippen LogP contribution in [0.2, 0.25) is 0 Å². The van der Waals surface area contributed by atoms with E-state index < -0.39 is 0 Å². The third-order valence-corrected chi connectivity index (χ3v) is 10.2. The van der Waals surface area contributed by atoms with Crippen molar-refractivity contribution in [2.75, 3.05) is 10.6 Å². The summed E-state index contributed by atoms with van der Waals surface area (Å²) in [7, 11) is 0. The van der Waals surface area contributed by atoms with Crippen LogP contribution in [0.1, 0.15) is 11.1 Å². The first-order valence-electron chi connectivity index (χ1n) is 18.8. The van der Waals surface area contributed by atoms with Crippen LogP contribution in [0.25, 0.3) is 39.5 Å². The molecule has 1 aromatic heterocycles. The van der Waals surface area contributed by atoms with Gasteiger partial charge in [0.25, 0.3) is 0 Å². The van der Waals surface area contributed by atoms with Crippen LogP contribution in [0.3, 0.4) is 0 Å². The lowest BCUT2D eigenvalue weighted by molar-refractivity contribution is -0.492. The van der Waals surface area contributed by atoms with E-state index in [9.17, 15) is 0 Å². The summed E-state index contributed by atoms with van der Waals surface area (Å²) in [6.45, 7) is 0. The normalized spacial score (nSPS) is 13.8. The van der Waals surface area contributed by atoms with Gasteiger partial charge in [0.1, 0.15) is 0 Å². The molecule has 9 rings (SSSR count). The lowest BCUT2D eigenvalue weighted by Gasteiger charge is -2.34. The smallest absolute Gasteiger partial charge is 0.219 e. The maximum Gasteiger partial charge on any atom is 0.219 e. The average molecular weight is 720 g/mol. The number of rotatable bonds is 5. The summed E-state index contributed by atoms with van der Waals surface area (Å²) in [5.41, 5.74) is 19.3. The number of allylic oxidation sites excluding steroid dienone is 6. The van der Waals surface area contributed by atoms with Gasteiger partial charge in [-0.1, -0.05) is 121 Å². The predicted octanol–water partition coefficient (Wildman–Crippen LogP) is 10.5. The molecule has 0 bridgehead atoms. The van der Waals surface area contributed by atoms with Gasteiger partial charge in [0.05, 0.1) is 17.1 Å². The van der Waals surface area contributed by atoms with E-state index in [2.05, 4.69) is 191 Å². The van der Waals surface area contributed by atoms with Crippen LogP contribution in [-0.2, 0) is 0 Å². The number of pyridine rings is 1. The SMILES string of the molecule is N=C1C=CC(=[n+]2c(-c3ccccc3)cc(=c3ccc(=C4C=C(c5ccccc5)N(c5ccc(N)cc5)C(c5ccccc5)=C4)cc3)cc2-c2ccccc2)C=C1. The largest absolute Gasteiger partial charge is 0.399 e. The number of hydrogen-bond donors (Lipinski definition) is 2. The molecule has 0 saturated carbocycles. The molecule has 266 valence electrons. The summed E-state index contributed by atoms with van der Waals surface area (Å²) in [5.74, 6) is 0. The topological polar surface area (TPSA) is 59.0 Å². The number of anilines is 2. The van der Waals surface area contributed by atoms with Crippen molar-refractivity contribution >= 4 is 34.1 Å². The highest BCUT2D eigenvalue weighted by molar-refractivity contribution is 6.05. The Bertz CT molecular complexity index is 2780. The van der Waals surface area contributed by atoms with Crippen LogP contribution in [0.15, 0.2) is 218 Å². The van der Waals surface area contributed by atoms with E-state index in [1.165, 1.54) is 0 Å². The fourth-order valence-corrected chi connectivity index (χ4v) is 7.45. The fraction of sp³-hybridized carbons (Fsp3) is 0. The average Bonchev–Trinajstić information content (AvgIpc) is 3.27. The van der Waals surface area contributed by atoms with E-state index in [0.717, 1.165) is 83.4 Å². The van der Waals surface area contributed by atoms with Crippen LogP contribution < -0.4 is 20.1 Å². The molecule has 4 nitrogen and oxygen atoms in total. The molecule has 4 heteroatoms. The second-order valence-electron chi connectivity index (χ2n) is 13.9. The Kier molecular flexibility index (Phi) is 9.20. The van der Waals surface area contributed by atoms with Crippen LogP contribution in [-0.4, -0.2) is 5.71 Å². The second-order valence-corrected chi connectivity index (χ2v) is 13.9. The van der Waals surface area contributed by atoms with Crippen LogP contribution in [0.4, 0.5) is 11.4 Å². The molecule has 2 heterocycles. The third-order valence-electron chi connectivity index (χ3n) is 10.2. The minimum Gasteiger partial charge on any atom is -0.399 e. The Hall–Kier alpha value is -7.56. The summed E-state index contributed by atoms with van der Waals surface area (Å²) in [6, 6.07) is 63.8. The zero-order chi connectivity index (χ0) is 37.8. The van der Waals surface area contributed by atoms with Gasteiger partial charge in [-0.25, -0.2) is 0 Å². The van der Waals surface area contributed by atoms with Crippen LogP contribution in [0.5, 0.6) is 0 Å². The minimum absolute atomic E-state index is 0.485. The van der Waals surface area contributed by atoms with Gasteiger partial charge < -0.3 is 16.0 Å². The van der Waals surface area contributed by atoms with E-state index in [1.54, 1.807) is 0 Å². The maximum atomic E-state index is 8.17. The Morgan fingerprint density at radius 3 is 1.32 bits per heavy atom. The molecule has 1 aliphatic carbocycles. The summed E-state index contributed by atoms with van der Waals surface area (Å²) < 4.78 is 2.30. The molecule has 1 aliphatic heterocycles. The van der Waals surface area contributed by atoms with Gasteiger partial charge in [-0.2, -0.15) is 4.24 Å². The summed E-state index contributed by atoms with van der Waals surface area (Å²) in [4.78, 5) is 2.33. The number of nitrogens with two attached hydrogens (primary N) is 1. The van der Waals surface area contributed by atoms with Gasteiger partial charge in [-0.3, -0.25) is 0 Å². The highest BCUT2D eigenvalue weighted by Gasteiger charge is 2.24. The number of benzene rings is 6. The third kappa shape index (κ3) is 6.84. The Labute approximate surface area is 326 Å². The zero-order valence-corrected chi connectivity index (χ0v) is 30.8. The monoisotopic (exact) mass is 719 g/mol. The van der Waals surface area contributed by atoms with Crippen LogP contribution in [0, 0.1) is 21.6 Å². The highest BCUT2D eigenvalue weighted by Crippen LogP contribution is 2.40. The Morgan fingerprint density at radius 2 is 0.857 bits per heavy atom. The lowest BCUT2D eigenvalue weighted by atomic mass is 9.96.